The van der Waals surface area contributed by atoms with E-state index in [0.29, 0.717) is 12.0 Å². The van der Waals surface area contributed by atoms with Gasteiger partial charge in [0.2, 0.25) is 0 Å². The van der Waals surface area contributed by atoms with Gasteiger partial charge in [0.1, 0.15) is 11.5 Å². The lowest BCUT2D eigenvalue weighted by molar-refractivity contribution is -0.141. The van der Waals surface area contributed by atoms with E-state index < -0.39 is 11.9 Å². The molecule has 0 saturated carbocycles. The second kappa shape index (κ2) is 6.75. The van der Waals surface area contributed by atoms with Crippen molar-refractivity contribution in [3.63, 3.8) is 0 Å². The predicted molar refractivity (Wildman–Crippen MR) is 84.7 cm³/mol. The van der Waals surface area contributed by atoms with Crippen LogP contribution >= 0.6 is 0 Å². The Morgan fingerprint density at radius 1 is 0.958 bits per heavy atom. The summed E-state index contributed by atoms with van der Waals surface area (Å²) in [6.07, 6.45) is 1.63. The summed E-state index contributed by atoms with van der Waals surface area (Å²) in [6, 6.07) is 8.41. The van der Waals surface area contributed by atoms with Gasteiger partial charge in [-0.2, -0.15) is 13.2 Å². The number of carbonyl (C=O) groups excluding carboxylic acids is 1. The number of ketones is 1. The van der Waals surface area contributed by atoms with Crippen LogP contribution in [0.4, 0.5) is 13.2 Å². The third-order valence-electron chi connectivity index (χ3n) is 4.33. The SMILES string of the molecule is O=C(Cc1ccc(C(F)(F)F)nc1)Cc1ccc2c(c1)CCCC2. The van der Waals surface area contributed by atoms with Crippen molar-refractivity contribution in [2.45, 2.75) is 44.7 Å². The van der Waals surface area contributed by atoms with Crippen molar-refractivity contribution in [3.8, 4) is 0 Å². The van der Waals surface area contributed by atoms with Crippen LogP contribution < -0.4 is 0 Å². The molecular weight excluding hydrogens is 315 g/mol. The minimum Gasteiger partial charge on any atom is -0.299 e. The van der Waals surface area contributed by atoms with Crippen LogP contribution in [0.1, 0.15) is 40.8 Å². The number of pyridine rings is 1. The van der Waals surface area contributed by atoms with Gasteiger partial charge in [0.05, 0.1) is 0 Å². The Kier molecular flexibility index (Phi) is 4.69. The van der Waals surface area contributed by atoms with Crippen LogP contribution in [0.2, 0.25) is 0 Å². The molecule has 0 amide bonds. The van der Waals surface area contributed by atoms with Gasteiger partial charge in [-0.3, -0.25) is 9.78 Å². The number of halogens is 3. The molecule has 1 aromatic heterocycles. The summed E-state index contributed by atoms with van der Waals surface area (Å²) in [5.41, 5.74) is 3.23. The standard InChI is InChI=1S/C19H18F3NO/c20-19(21,22)18-8-6-14(12-23-18)11-17(24)10-13-5-7-15-3-1-2-4-16(15)9-13/h5-9,12H,1-4,10-11H2. The Labute approximate surface area is 138 Å². The van der Waals surface area contributed by atoms with Gasteiger partial charge in [-0.1, -0.05) is 24.3 Å². The average molecular weight is 333 g/mol. The Bertz CT molecular complexity index is 735. The van der Waals surface area contributed by atoms with Crippen LogP contribution in [0.25, 0.3) is 0 Å². The molecule has 1 heterocycles. The predicted octanol–water partition coefficient (Wildman–Crippen LogP) is 4.33. The van der Waals surface area contributed by atoms with Gasteiger partial charge in [0.15, 0.2) is 0 Å². The number of hydrogen-bond donors (Lipinski definition) is 0. The number of Topliss-reactive ketones (excluding diaryl/α,β-unsaturated/α-hetero) is 1. The highest BCUT2D eigenvalue weighted by molar-refractivity contribution is 5.83. The van der Waals surface area contributed by atoms with Gasteiger partial charge >= 0.3 is 6.18 Å². The Balaban J connectivity index is 1.63. The second-order valence-electron chi connectivity index (χ2n) is 6.25. The van der Waals surface area contributed by atoms with Gasteiger partial charge in [-0.05, 0) is 54.0 Å². The molecule has 1 aliphatic rings. The van der Waals surface area contributed by atoms with Crippen molar-refractivity contribution >= 4 is 5.78 Å². The molecule has 3 rings (SSSR count). The Hall–Kier alpha value is -2.17. The van der Waals surface area contributed by atoms with E-state index in [-0.39, 0.29) is 12.2 Å². The number of benzene rings is 1. The van der Waals surface area contributed by atoms with E-state index >= 15 is 0 Å². The molecule has 1 aliphatic carbocycles. The number of rotatable bonds is 4. The maximum atomic E-state index is 12.5. The summed E-state index contributed by atoms with van der Waals surface area (Å²) in [7, 11) is 0. The van der Waals surface area contributed by atoms with E-state index in [4.69, 9.17) is 0 Å². The zero-order valence-electron chi connectivity index (χ0n) is 13.2. The van der Waals surface area contributed by atoms with E-state index in [9.17, 15) is 18.0 Å². The first kappa shape index (κ1) is 16.7. The number of hydrogen-bond acceptors (Lipinski definition) is 2. The van der Waals surface area contributed by atoms with Crippen molar-refractivity contribution < 1.29 is 18.0 Å². The van der Waals surface area contributed by atoms with Gasteiger partial charge in [-0.15, -0.1) is 0 Å². The van der Waals surface area contributed by atoms with Crippen LogP contribution in [0.15, 0.2) is 36.5 Å². The minimum absolute atomic E-state index is 0.0210. The molecule has 0 atom stereocenters. The molecule has 0 N–H and O–H groups in total. The molecular formula is C19H18F3NO. The van der Waals surface area contributed by atoms with Crippen LogP contribution in [0.5, 0.6) is 0 Å². The molecule has 2 nitrogen and oxygen atoms in total. The summed E-state index contributed by atoms with van der Waals surface area (Å²) in [5.74, 6) is -0.0210. The number of aryl methyl sites for hydroxylation is 2. The average Bonchev–Trinajstić information content (AvgIpc) is 2.54. The third-order valence-corrected chi connectivity index (χ3v) is 4.33. The summed E-state index contributed by atoms with van der Waals surface area (Å²) in [4.78, 5) is 15.6. The van der Waals surface area contributed by atoms with Crippen molar-refractivity contribution in [2.75, 3.05) is 0 Å². The fourth-order valence-corrected chi connectivity index (χ4v) is 3.11. The van der Waals surface area contributed by atoms with Gasteiger partial charge in [0.25, 0.3) is 0 Å². The molecule has 126 valence electrons. The highest BCUT2D eigenvalue weighted by Gasteiger charge is 2.32. The van der Waals surface area contributed by atoms with Crippen molar-refractivity contribution in [3.05, 3.63) is 64.5 Å². The van der Waals surface area contributed by atoms with Crippen LogP contribution in [-0.4, -0.2) is 10.8 Å². The molecule has 0 radical (unpaired) electrons. The summed E-state index contributed by atoms with van der Waals surface area (Å²) in [5, 5.41) is 0. The van der Waals surface area contributed by atoms with Gasteiger partial charge < -0.3 is 0 Å². The van der Waals surface area contributed by atoms with E-state index in [1.807, 2.05) is 6.07 Å². The zero-order valence-corrected chi connectivity index (χ0v) is 13.2. The molecule has 0 fully saturated rings. The summed E-state index contributed by atoms with van der Waals surface area (Å²) < 4.78 is 37.4. The maximum absolute atomic E-state index is 12.5. The van der Waals surface area contributed by atoms with Crippen molar-refractivity contribution in [1.29, 1.82) is 0 Å². The molecule has 2 aromatic rings. The number of carbonyl (C=O) groups is 1. The Morgan fingerprint density at radius 3 is 2.29 bits per heavy atom. The molecule has 24 heavy (non-hydrogen) atoms. The van der Waals surface area contributed by atoms with Crippen molar-refractivity contribution in [1.82, 2.24) is 4.98 Å². The molecule has 0 spiro atoms. The quantitative estimate of drug-likeness (QED) is 0.833. The van der Waals surface area contributed by atoms with Gasteiger partial charge in [0, 0.05) is 19.0 Å². The first-order valence-electron chi connectivity index (χ1n) is 8.06. The van der Waals surface area contributed by atoms with E-state index in [0.717, 1.165) is 30.7 Å². The third kappa shape index (κ3) is 4.02. The lowest BCUT2D eigenvalue weighted by Gasteiger charge is -2.16. The fourth-order valence-electron chi connectivity index (χ4n) is 3.11. The van der Waals surface area contributed by atoms with E-state index in [2.05, 4.69) is 17.1 Å². The molecule has 0 bridgehead atoms. The van der Waals surface area contributed by atoms with Crippen LogP contribution in [0, 0.1) is 0 Å². The van der Waals surface area contributed by atoms with E-state index in [1.54, 1.807) is 0 Å². The monoisotopic (exact) mass is 333 g/mol. The number of nitrogens with zero attached hydrogens (tertiary/aromatic N) is 1. The number of fused-ring (bicyclic) bond motifs is 1. The van der Waals surface area contributed by atoms with Crippen molar-refractivity contribution in [2.24, 2.45) is 0 Å². The molecule has 1 aromatic carbocycles. The van der Waals surface area contributed by atoms with Crippen LogP contribution in [0.3, 0.4) is 0 Å². The maximum Gasteiger partial charge on any atom is 0.433 e. The molecule has 0 unspecified atom stereocenters. The minimum atomic E-state index is -4.45. The zero-order chi connectivity index (χ0) is 17.2. The van der Waals surface area contributed by atoms with Crippen LogP contribution in [-0.2, 0) is 36.7 Å². The highest BCUT2D eigenvalue weighted by atomic mass is 19.4. The summed E-state index contributed by atoms with van der Waals surface area (Å²) in [6.45, 7) is 0. The second-order valence-corrected chi connectivity index (χ2v) is 6.25. The lowest BCUT2D eigenvalue weighted by Crippen LogP contribution is -2.11. The van der Waals surface area contributed by atoms with Gasteiger partial charge in [-0.25, -0.2) is 0 Å². The highest BCUT2D eigenvalue weighted by Crippen LogP contribution is 2.27. The topological polar surface area (TPSA) is 30.0 Å². The number of alkyl halides is 3. The molecule has 5 heteroatoms. The fraction of sp³-hybridized carbons (Fsp3) is 0.368. The normalized spacial score (nSPS) is 14.3. The Morgan fingerprint density at radius 2 is 1.62 bits per heavy atom. The van der Waals surface area contributed by atoms with E-state index in [1.165, 1.54) is 30.0 Å². The smallest absolute Gasteiger partial charge is 0.299 e. The first-order valence-corrected chi connectivity index (χ1v) is 8.06. The summed E-state index contributed by atoms with van der Waals surface area (Å²) >= 11 is 0. The molecule has 0 saturated heterocycles. The largest absolute Gasteiger partial charge is 0.433 e. The first-order chi connectivity index (χ1) is 11.4. The lowest BCUT2D eigenvalue weighted by atomic mass is 9.89. The molecule has 0 aliphatic heterocycles. The number of aromatic nitrogens is 1.